The Kier molecular flexibility index (Phi) is 6.59. The Bertz CT molecular complexity index is 1290. The summed E-state index contributed by atoms with van der Waals surface area (Å²) >= 11 is 0. The van der Waals surface area contributed by atoms with Crippen molar-refractivity contribution in [1.82, 2.24) is 0 Å². The highest BCUT2D eigenvalue weighted by Crippen LogP contribution is 2.76. The Balaban J connectivity index is 0.975. The second-order valence-corrected chi connectivity index (χ2v) is 16.9. The largest absolute Gasteiger partial charge is 0.382 e. The van der Waals surface area contributed by atoms with Crippen LogP contribution in [-0.2, 0) is 11.2 Å². The van der Waals surface area contributed by atoms with Crippen molar-refractivity contribution in [2.45, 2.75) is 102 Å². The van der Waals surface area contributed by atoms with E-state index in [0.29, 0.717) is 35.6 Å². The first-order chi connectivity index (χ1) is 21.1. The molecule has 9 rings (SSSR count). The van der Waals surface area contributed by atoms with Crippen LogP contribution in [0.25, 0.3) is 0 Å². The van der Waals surface area contributed by atoms with Gasteiger partial charge in [0.05, 0.1) is 6.04 Å². The predicted molar refractivity (Wildman–Crippen MR) is 174 cm³/mol. The van der Waals surface area contributed by atoms with Crippen molar-refractivity contribution in [3.63, 3.8) is 0 Å². The molecule has 14 unspecified atom stereocenters. The summed E-state index contributed by atoms with van der Waals surface area (Å²) in [6, 6.07) is 9.36. The Hall–Kier alpha value is -1.87. The van der Waals surface area contributed by atoms with Crippen LogP contribution in [0.4, 0.5) is 5.69 Å². The third-order valence-corrected chi connectivity index (χ3v) is 15.6. The molecule has 0 radical (unpaired) electrons. The van der Waals surface area contributed by atoms with Crippen molar-refractivity contribution >= 4 is 12.0 Å². The maximum absolute atomic E-state index is 12.6. The molecule has 0 spiro atoms. The van der Waals surface area contributed by atoms with Gasteiger partial charge in [-0.1, -0.05) is 74.6 Å². The highest BCUT2D eigenvalue weighted by molar-refractivity contribution is 5.62. The second kappa shape index (κ2) is 10.3. The fraction of sp³-hybridized carbons (Fsp3) is 0.725. The number of rotatable bonds is 4. The summed E-state index contributed by atoms with van der Waals surface area (Å²) in [4.78, 5) is 12.6. The van der Waals surface area contributed by atoms with Gasteiger partial charge in [0, 0.05) is 17.1 Å². The zero-order valence-electron chi connectivity index (χ0n) is 26.2. The molecule has 1 aromatic rings. The third-order valence-electron chi connectivity index (χ3n) is 15.6. The average Bonchev–Trinajstić information content (AvgIpc) is 3.23. The molecule has 0 aromatic heterocycles. The van der Waals surface area contributed by atoms with E-state index in [1.165, 1.54) is 94.7 Å². The monoisotopic (exact) mass is 578 g/mol. The summed E-state index contributed by atoms with van der Waals surface area (Å²) < 4.78 is 0. The number of aryl methyl sites for hydroxylation is 1. The van der Waals surface area contributed by atoms with Gasteiger partial charge in [-0.2, -0.15) is 0 Å². The minimum absolute atomic E-state index is 0.00592. The molecule has 8 aliphatic rings. The lowest BCUT2D eigenvalue weighted by Gasteiger charge is -2.39. The van der Waals surface area contributed by atoms with E-state index >= 15 is 0 Å². The lowest BCUT2D eigenvalue weighted by Crippen LogP contribution is -2.43. The molecule has 1 aliphatic heterocycles. The molecule has 0 amide bonds. The molecule has 14 atom stereocenters. The number of hydrogen-bond donors (Lipinski definition) is 2. The van der Waals surface area contributed by atoms with E-state index in [1.807, 2.05) is 0 Å². The van der Waals surface area contributed by atoms with Crippen molar-refractivity contribution < 1.29 is 4.79 Å². The number of para-hydroxylation sites is 1. The number of carbonyl (C=O) groups is 1. The van der Waals surface area contributed by atoms with Gasteiger partial charge in [0.25, 0.3) is 0 Å². The van der Waals surface area contributed by atoms with Gasteiger partial charge in [0.15, 0.2) is 0 Å². The summed E-state index contributed by atoms with van der Waals surface area (Å²) in [5.74, 6) is 8.82. The number of nitrogens with one attached hydrogen (secondary N) is 1. The summed E-state index contributed by atoms with van der Waals surface area (Å²) in [6.07, 6.45) is 25.4. The highest BCUT2D eigenvalue weighted by Gasteiger charge is 2.74. The van der Waals surface area contributed by atoms with Crippen LogP contribution in [0.1, 0.15) is 89.0 Å². The number of hydrogen-bond acceptors (Lipinski definition) is 3. The van der Waals surface area contributed by atoms with Crippen LogP contribution >= 0.6 is 0 Å². The summed E-state index contributed by atoms with van der Waals surface area (Å²) in [6.45, 7) is 4.69. The molecular weight excluding hydrogens is 524 g/mol. The molecule has 3 heteroatoms. The average molecular weight is 579 g/mol. The van der Waals surface area contributed by atoms with Crippen LogP contribution in [0.15, 0.2) is 48.6 Å². The summed E-state index contributed by atoms with van der Waals surface area (Å²) in [7, 11) is 0. The number of anilines is 1. The first-order valence-corrected chi connectivity index (χ1v) is 18.5. The van der Waals surface area contributed by atoms with Gasteiger partial charge in [-0.25, -0.2) is 0 Å². The molecule has 230 valence electrons. The normalized spacial score (nSPS) is 48.8. The third kappa shape index (κ3) is 4.04. The molecule has 6 saturated carbocycles. The molecule has 3 N–H and O–H groups in total. The van der Waals surface area contributed by atoms with Crippen LogP contribution in [0.2, 0.25) is 0 Å². The van der Waals surface area contributed by atoms with Gasteiger partial charge in [-0.05, 0) is 140 Å². The smallest absolute Gasteiger partial charge is 0.137 e. The number of carbonyl (C=O) groups excluding carboxylic acids is 1. The minimum atomic E-state index is -0.320. The number of benzene rings is 1. The van der Waals surface area contributed by atoms with E-state index < -0.39 is 0 Å². The molecule has 3 nitrogen and oxygen atoms in total. The van der Waals surface area contributed by atoms with Crippen LogP contribution in [0, 0.1) is 76.4 Å². The Morgan fingerprint density at radius 1 is 0.837 bits per heavy atom. The predicted octanol–water partition coefficient (Wildman–Crippen LogP) is 8.21. The van der Waals surface area contributed by atoms with Gasteiger partial charge < -0.3 is 15.8 Å². The fourth-order valence-corrected chi connectivity index (χ4v) is 13.9. The topological polar surface area (TPSA) is 55.1 Å². The van der Waals surface area contributed by atoms with Gasteiger partial charge in [0.2, 0.25) is 0 Å². The minimum Gasteiger partial charge on any atom is -0.382 e. The van der Waals surface area contributed by atoms with E-state index in [-0.39, 0.29) is 11.5 Å². The first kappa shape index (κ1) is 27.4. The van der Waals surface area contributed by atoms with Gasteiger partial charge in [0.1, 0.15) is 6.29 Å². The zero-order chi connectivity index (χ0) is 28.9. The molecule has 1 aromatic carbocycles. The molecule has 43 heavy (non-hydrogen) atoms. The lowest BCUT2D eigenvalue weighted by molar-refractivity contribution is -0.111. The molecular formula is C40H54N2O. The van der Waals surface area contributed by atoms with E-state index in [4.69, 9.17) is 5.73 Å². The quantitative estimate of drug-likeness (QED) is 0.280. The van der Waals surface area contributed by atoms with E-state index in [1.54, 1.807) is 5.57 Å². The molecule has 0 saturated heterocycles. The Morgan fingerprint density at radius 2 is 1.65 bits per heavy atom. The first-order valence-electron chi connectivity index (χ1n) is 18.5. The standard InChI is InChI=1S/C40H54N2O/c1-23-11-16-35-38(33-20-27(19-31(23)33)24-7-3-2-4-8-24)40(35,37(41)22-43)29-14-15-30-28(17-29)21-34-32(30)18-26-13-12-25-9-5-6-10-36(25)42-39(26)34/h5-6,9-10,14-15,22,24,26-35,37-39,42H,1-4,7-8,11-13,16-21,41H2. The number of aldehydes is 1. The number of allylic oxidation sites excluding steroid dienone is 3. The highest BCUT2D eigenvalue weighted by atomic mass is 16.1. The molecule has 0 bridgehead atoms. The van der Waals surface area contributed by atoms with E-state index in [9.17, 15) is 4.79 Å². The summed E-state index contributed by atoms with van der Waals surface area (Å²) in [5, 5.41) is 4.09. The van der Waals surface area contributed by atoms with E-state index in [2.05, 4.69) is 48.3 Å². The number of nitrogens with two attached hydrogens (primary N) is 1. The number of fused-ring (bicyclic) bond motifs is 9. The second-order valence-electron chi connectivity index (χ2n) is 16.9. The van der Waals surface area contributed by atoms with E-state index in [0.717, 1.165) is 54.1 Å². The van der Waals surface area contributed by atoms with Gasteiger partial charge in [-0.3, -0.25) is 0 Å². The fourth-order valence-electron chi connectivity index (χ4n) is 13.9. The van der Waals surface area contributed by atoms with Gasteiger partial charge >= 0.3 is 0 Å². The maximum Gasteiger partial charge on any atom is 0.137 e. The van der Waals surface area contributed by atoms with Crippen molar-refractivity contribution in [3.8, 4) is 0 Å². The SMILES string of the molecule is C=C1CCC2C(C3CC(C4CCCCC4)CC13)C2(C(N)C=O)C1C=CC2C(CC3C2CC2CCc4ccccc4NC23)C1. The maximum atomic E-state index is 12.6. The van der Waals surface area contributed by atoms with Crippen molar-refractivity contribution in [3.05, 3.63) is 54.1 Å². The Morgan fingerprint density at radius 3 is 2.51 bits per heavy atom. The van der Waals surface area contributed by atoms with Crippen molar-refractivity contribution in [2.24, 2.45) is 82.2 Å². The van der Waals surface area contributed by atoms with Crippen LogP contribution < -0.4 is 11.1 Å². The van der Waals surface area contributed by atoms with Gasteiger partial charge in [-0.15, -0.1) is 0 Å². The summed E-state index contributed by atoms with van der Waals surface area (Å²) in [5.41, 5.74) is 11.4. The Labute approximate surface area is 259 Å². The van der Waals surface area contributed by atoms with Crippen LogP contribution in [-0.4, -0.2) is 18.4 Å². The lowest BCUT2D eigenvalue weighted by atomic mass is 9.66. The molecule has 6 fully saturated rings. The van der Waals surface area contributed by atoms with Crippen molar-refractivity contribution in [2.75, 3.05) is 5.32 Å². The van der Waals surface area contributed by atoms with Crippen LogP contribution in [0.5, 0.6) is 0 Å². The molecule has 7 aliphatic carbocycles. The van der Waals surface area contributed by atoms with Crippen molar-refractivity contribution in [1.29, 1.82) is 0 Å². The van der Waals surface area contributed by atoms with Crippen LogP contribution in [0.3, 0.4) is 0 Å². The zero-order valence-corrected chi connectivity index (χ0v) is 26.2. The molecule has 1 heterocycles.